The molecular weight excluding hydrogens is 444 g/mol. The molecule has 0 saturated heterocycles. The summed E-state index contributed by atoms with van der Waals surface area (Å²) < 4.78 is 25.7. The zero-order chi connectivity index (χ0) is 23.6. The Labute approximate surface area is 189 Å². The van der Waals surface area contributed by atoms with Crippen LogP contribution >= 0.6 is 0 Å². The van der Waals surface area contributed by atoms with Crippen LogP contribution in [-0.2, 0) is 23.1 Å². The number of hydrogen-bond donors (Lipinski definition) is 2. The first-order valence-electron chi connectivity index (χ1n) is 10.1. The Bertz CT molecular complexity index is 1490. The van der Waals surface area contributed by atoms with E-state index in [1.165, 1.54) is 41.4 Å². The van der Waals surface area contributed by atoms with Crippen molar-refractivity contribution < 1.29 is 13.2 Å². The van der Waals surface area contributed by atoms with Gasteiger partial charge in [-0.25, -0.2) is 23.2 Å². The standard InChI is InChI=1S/C22H22N6O4S/c1-15-3-2-4-16(11-15)13-27-14-25-20-19(22(27)30)12-26-28(20)10-9-24-21(29)17-5-7-18(8-6-17)33(23,31)32/h2-8,11-12,14H,9-10,13H2,1H3,(H,24,29)(H2,23,31,32). The molecule has 2 heterocycles. The zero-order valence-corrected chi connectivity index (χ0v) is 18.6. The molecule has 2 aromatic heterocycles. The number of amides is 1. The van der Waals surface area contributed by atoms with Gasteiger partial charge >= 0.3 is 0 Å². The number of nitrogens with one attached hydrogen (secondary N) is 1. The van der Waals surface area contributed by atoms with Crippen molar-refractivity contribution in [1.29, 1.82) is 0 Å². The number of nitrogens with zero attached hydrogens (tertiary/aromatic N) is 4. The van der Waals surface area contributed by atoms with Crippen LogP contribution in [0.4, 0.5) is 0 Å². The summed E-state index contributed by atoms with van der Waals surface area (Å²) in [5.74, 6) is -0.374. The summed E-state index contributed by atoms with van der Waals surface area (Å²) in [6.07, 6.45) is 2.97. The molecule has 0 unspecified atom stereocenters. The van der Waals surface area contributed by atoms with Crippen LogP contribution in [0.25, 0.3) is 11.0 Å². The summed E-state index contributed by atoms with van der Waals surface area (Å²) >= 11 is 0. The Kier molecular flexibility index (Phi) is 6.07. The van der Waals surface area contributed by atoms with Crippen LogP contribution in [0, 0.1) is 6.92 Å². The predicted molar refractivity (Wildman–Crippen MR) is 122 cm³/mol. The first kappa shape index (κ1) is 22.4. The van der Waals surface area contributed by atoms with E-state index in [1.807, 2.05) is 31.2 Å². The van der Waals surface area contributed by atoms with Crippen LogP contribution in [0.5, 0.6) is 0 Å². The van der Waals surface area contributed by atoms with E-state index >= 15 is 0 Å². The van der Waals surface area contributed by atoms with Crippen molar-refractivity contribution in [3.8, 4) is 0 Å². The second-order valence-corrected chi connectivity index (χ2v) is 9.16. The molecule has 1 amide bonds. The topological polar surface area (TPSA) is 142 Å². The van der Waals surface area contributed by atoms with Gasteiger partial charge in [0.05, 0.1) is 24.2 Å². The molecule has 4 rings (SSSR count). The molecule has 0 spiro atoms. The number of carbonyl (C=O) groups excluding carboxylic acids is 1. The average Bonchev–Trinajstić information content (AvgIpc) is 3.19. The van der Waals surface area contributed by atoms with Crippen LogP contribution in [-0.4, -0.2) is 40.2 Å². The van der Waals surface area contributed by atoms with E-state index in [1.54, 1.807) is 4.68 Å². The maximum atomic E-state index is 12.8. The monoisotopic (exact) mass is 466 g/mol. The summed E-state index contributed by atoms with van der Waals surface area (Å²) in [5.41, 5.74) is 2.67. The lowest BCUT2D eigenvalue weighted by Gasteiger charge is -2.08. The molecule has 2 aromatic carbocycles. The summed E-state index contributed by atoms with van der Waals surface area (Å²) in [6, 6.07) is 13.2. The Morgan fingerprint density at radius 3 is 2.61 bits per heavy atom. The number of carbonyl (C=O) groups is 1. The third-order valence-corrected chi connectivity index (χ3v) is 6.04. The molecule has 0 bridgehead atoms. The van der Waals surface area contributed by atoms with Gasteiger partial charge in [-0.2, -0.15) is 5.10 Å². The van der Waals surface area contributed by atoms with Crippen LogP contribution in [0.1, 0.15) is 21.5 Å². The molecule has 4 aromatic rings. The normalized spacial score (nSPS) is 11.6. The summed E-state index contributed by atoms with van der Waals surface area (Å²) in [7, 11) is -3.82. The maximum absolute atomic E-state index is 12.8. The van der Waals surface area contributed by atoms with E-state index < -0.39 is 10.0 Å². The number of benzene rings is 2. The number of hydrogen-bond acceptors (Lipinski definition) is 6. The van der Waals surface area contributed by atoms with E-state index in [-0.39, 0.29) is 22.9 Å². The van der Waals surface area contributed by atoms with Gasteiger partial charge in [0.25, 0.3) is 11.5 Å². The lowest BCUT2D eigenvalue weighted by Crippen LogP contribution is -2.28. The molecule has 170 valence electrons. The van der Waals surface area contributed by atoms with E-state index in [0.29, 0.717) is 29.7 Å². The Morgan fingerprint density at radius 1 is 1.15 bits per heavy atom. The average molecular weight is 467 g/mol. The molecule has 0 fully saturated rings. The SMILES string of the molecule is Cc1cccc(Cn2cnc3c(cnn3CCNC(=O)c3ccc(S(N)(=O)=O)cc3)c2=O)c1. The second kappa shape index (κ2) is 8.96. The Morgan fingerprint density at radius 2 is 1.91 bits per heavy atom. The minimum absolute atomic E-state index is 0.0683. The molecule has 0 aliphatic heterocycles. The van der Waals surface area contributed by atoms with Crippen molar-refractivity contribution in [3.05, 3.63) is 88.1 Å². The van der Waals surface area contributed by atoms with Gasteiger partial charge in [-0.15, -0.1) is 0 Å². The highest BCUT2D eigenvalue weighted by atomic mass is 32.2. The van der Waals surface area contributed by atoms with Crippen molar-refractivity contribution in [2.24, 2.45) is 5.14 Å². The summed E-state index contributed by atoms with van der Waals surface area (Å²) in [6.45, 7) is 2.95. The molecule has 0 aliphatic carbocycles. The van der Waals surface area contributed by atoms with Crippen molar-refractivity contribution in [2.75, 3.05) is 6.54 Å². The number of aryl methyl sites for hydroxylation is 1. The molecule has 3 N–H and O–H groups in total. The first-order valence-corrected chi connectivity index (χ1v) is 11.6. The van der Waals surface area contributed by atoms with Gasteiger partial charge in [-0.1, -0.05) is 29.8 Å². The van der Waals surface area contributed by atoms with E-state index in [4.69, 9.17) is 5.14 Å². The minimum atomic E-state index is -3.82. The van der Waals surface area contributed by atoms with Gasteiger partial charge in [0.1, 0.15) is 11.7 Å². The first-order chi connectivity index (χ1) is 15.7. The third kappa shape index (κ3) is 4.99. The lowest BCUT2D eigenvalue weighted by atomic mass is 10.1. The number of fused-ring (bicyclic) bond motifs is 1. The fourth-order valence-corrected chi connectivity index (χ4v) is 3.97. The largest absolute Gasteiger partial charge is 0.350 e. The summed E-state index contributed by atoms with van der Waals surface area (Å²) in [5, 5.41) is 12.4. The number of primary sulfonamides is 1. The van der Waals surface area contributed by atoms with Crippen molar-refractivity contribution in [1.82, 2.24) is 24.6 Å². The molecule has 0 radical (unpaired) electrons. The highest BCUT2D eigenvalue weighted by Gasteiger charge is 2.12. The molecule has 11 heteroatoms. The van der Waals surface area contributed by atoms with Gasteiger partial charge in [0.15, 0.2) is 5.65 Å². The molecule has 10 nitrogen and oxygen atoms in total. The zero-order valence-electron chi connectivity index (χ0n) is 17.8. The number of aromatic nitrogens is 4. The second-order valence-electron chi connectivity index (χ2n) is 7.60. The predicted octanol–water partition coefficient (Wildman–Crippen LogP) is 1.03. The fourth-order valence-electron chi connectivity index (χ4n) is 3.45. The third-order valence-electron chi connectivity index (χ3n) is 5.11. The van der Waals surface area contributed by atoms with Gasteiger partial charge < -0.3 is 5.32 Å². The van der Waals surface area contributed by atoms with E-state index in [2.05, 4.69) is 15.4 Å². The van der Waals surface area contributed by atoms with Crippen molar-refractivity contribution in [2.45, 2.75) is 24.9 Å². The number of nitrogens with two attached hydrogens (primary N) is 1. The van der Waals surface area contributed by atoms with E-state index in [0.717, 1.165) is 11.1 Å². The molecule has 0 atom stereocenters. The Balaban J connectivity index is 1.42. The van der Waals surface area contributed by atoms with Crippen LogP contribution in [0.15, 0.2) is 70.7 Å². The minimum Gasteiger partial charge on any atom is -0.350 e. The highest BCUT2D eigenvalue weighted by Crippen LogP contribution is 2.10. The molecule has 0 aliphatic rings. The summed E-state index contributed by atoms with van der Waals surface area (Å²) in [4.78, 5) is 29.5. The number of sulfonamides is 1. The van der Waals surface area contributed by atoms with Crippen molar-refractivity contribution >= 4 is 27.0 Å². The van der Waals surface area contributed by atoms with Gasteiger partial charge in [0.2, 0.25) is 10.0 Å². The van der Waals surface area contributed by atoms with Crippen LogP contribution < -0.4 is 16.0 Å². The Hall–Kier alpha value is -3.83. The van der Waals surface area contributed by atoms with Gasteiger partial charge in [-0.05, 0) is 36.8 Å². The van der Waals surface area contributed by atoms with Crippen LogP contribution in [0.3, 0.4) is 0 Å². The molecular formula is C22H22N6O4S. The highest BCUT2D eigenvalue weighted by molar-refractivity contribution is 7.89. The van der Waals surface area contributed by atoms with Crippen molar-refractivity contribution in [3.63, 3.8) is 0 Å². The lowest BCUT2D eigenvalue weighted by molar-refractivity contribution is 0.0952. The van der Waals surface area contributed by atoms with Gasteiger partial charge in [0, 0.05) is 12.1 Å². The fraction of sp³-hybridized carbons (Fsp3) is 0.182. The number of rotatable bonds is 7. The van der Waals surface area contributed by atoms with E-state index in [9.17, 15) is 18.0 Å². The smallest absolute Gasteiger partial charge is 0.264 e. The molecule has 0 saturated carbocycles. The molecule has 33 heavy (non-hydrogen) atoms. The quantitative estimate of drug-likeness (QED) is 0.417. The maximum Gasteiger partial charge on any atom is 0.264 e. The van der Waals surface area contributed by atoms with Gasteiger partial charge in [-0.3, -0.25) is 14.2 Å². The van der Waals surface area contributed by atoms with Crippen LogP contribution in [0.2, 0.25) is 0 Å².